The molecular weight excluding hydrogens is 1560 g/mol. The van der Waals surface area contributed by atoms with Crippen LogP contribution in [-0.2, 0) is 26.2 Å². The highest BCUT2D eigenvalue weighted by molar-refractivity contribution is 7.67. The van der Waals surface area contributed by atoms with E-state index in [9.17, 15) is 0 Å². The molecule has 4 nitrogen and oxygen atoms in total. The van der Waals surface area contributed by atoms with Crippen LogP contribution in [0.15, 0.2) is 194 Å². The topological polar surface area (TPSA) is 13.0 Å². The fourth-order valence-corrected chi connectivity index (χ4v) is 38.8. The highest BCUT2D eigenvalue weighted by atomic mass is 31.2. The summed E-state index contributed by atoms with van der Waals surface area (Å²) in [7, 11) is -21.3. The van der Waals surface area contributed by atoms with E-state index in [0.29, 0.717) is 0 Å². The number of benzene rings is 8. The summed E-state index contributed by atoms with van der Waals surface area (Å²) in [6, 6.07) is 81.9. The average molecular weight is 1730 g/mol. The summed E-state index contributed by atoms with van der Waals surface area (Å²) in [6.07, 6.45) is 0. The minimum absolute atomic E-state index is 0.0947. The van der Waals surface area contributed by atoms with Crippen molar-refractivity contribution in [2.45, 2.75) is 362 Å². The van der Waals surface area contributed by atoms with Gasteiger partial charge in [0.15, 0.2) is 0 Å². The molecule has 0 aromatic heterocycles. The van der Waals surface area contributed by atoms with E-state index in [4.69, 9.17) is 0 Å². The van der Waals surface area contributed by atoms with Gasteiger partial charge in [-0.3, -0.25) is 0 Å². The zero-order valence-electron chi connectivity index (χ0n) is 81.8. The molecule has 8 aromatic rings. The second-order valence-electron chi connectivity index (χ2n) is 49.0. The molecule has 117 heavy (non-hydrogen) atoms. The van der Waals surface area contributed by atoms with E-state index in [1.54, 1.807) is 41.5 Å². The molecule has 4 atom stereocenters. The highest BCUT2D eigenvalue weighted by Crippen LogP contribution is 2.88. The van der Waals surface area contributed by atoms with E-state index in [1.165, 1.54) is 44.5 Å². The maximum absolute atomic E-state index is 3.47. The monoisotopic (exact) mass is 1720 g/mol. The highest BCUT2D eigenvalue weighted by Gasteiger charge is 2.79. The van der Waals surface area contributed by atoms with Crippen LogP contribution in [0, 0.1) is 0 Å². The van der Waals surface area contributed by atoms with E-state index >= 15 is 0 Å². The number of hydrogen-bond donors (Lipinski definition) is 0. The molecule has 0 bridgehead atoms. The maximum Gasteiger partial charge on any atom is 0.312 e. The van der Waals surface area contributed by atoms with Crippen molar-refractivity contribution in [3.63, 3.8) is 0 Å². The van der Waals surface area contributed by atoms with Gasteiger partial charge >= 0.3 is 7.87 Å². The molecule has 13 heteroatoms. The number of nitrogens with zero attached hydrogens (tertiary/aromatic N) is 4. The Morgan fingerprint density at radius 2 is 0.316 bits per heavy atom. The van der Waals surface area contributed by atoms with E-state index in [1.807, 2.05) is 0 Å². The first-order valence-corrected chi connectivity index (χ1v) is 70.5. The molecule has 2 aliphatic heterocycles. The Labute approximate surface area is 727 Å². The van der Waals surface area contributed by atoms with Gasteiger partial charge in [-0.1, -0.05) is 507 Å². The van der Waals surface area contributed by atoms with Crippen LogP contribution in [0.3, 0.4) is 0 Å². The lowest BCUT2D eigenvalue weighted by Gasteiger charge is -2.45. The molecule has 1 spiro atoms. The number of rotatable bonds is 20. The van der Waals surface area contributed by atoms with E-state index in [-0.39, 0.29) is 64.5 Å². The normalized spacial score (nSPS) is 19.8. The van der Waals surface area contributed by atoms with Gasteiger partial charge in [0, 0.05) is 0 Å². The Balaban J connectivity index is 1.57. The molecule has 0 aliphatic carbocycles. The van der Waals surface area contributed by atoms with Crippen molar-refractivity contribution >= 4 is 114 Å². The molecule has 636 valence electrons. The summed E-state index contributed by atoms with van der Waals surface area (Å²) in [4.78, 5) is 0. The van der Waals surface area contributed by atoms with E-state index in [2.05, 4.69) is 484 Å². The summed E-state index contributed by atoms with van der Waals surface area (Å²) in [5.41, 5.74) is 11.4. The minimum Gasteiger partial charge on any atom is -0.119 e. The average Bonchev–Trinajstić information content (AvgIpc) is 1.50. The lowest BCUT2D eigenvalue weighted by atomic mass is 9.92. The third-order valence-electron chi connectivity index (χ3n) is 33.9. The largest absolute Gasteiger partial charge is 0.312 e. The smallest absolute Gasteiger partial charge is 0.119 e. The lowest BCUT2D eigenvalue weighted by Crippen LogP contribution is -2.55. The minimum atomic E-state index is -3.47. The summed E-state index contributed by atoms with van der Waals surface area (Å²) in [5, 5.41) is 13.5. The van der Waals surface area contributed by atoms with Crippen molar-refractivity contribution in [2.75, 3.05) is 0 Å². The molecule has 2 aliphatic rings. The van der Waals surface area contributed by atoms with Crippen LogP contribution in [0.4, 0.5) is 0 Å². The van der Waals surface area contributed by atoms with Gasteiger partial charge in [-0.05, 0) is 84.8 Å². The van der Waals surface area contributed by atoms with Crippen LogP contribution in [0.1, 0.15) is 235 Å². The van der Waals surface area contributed by atoms with Crippen molar-refractivity contribution < 1.29 is 0 Å². The molecule has 0 saturated carbocycles. The molecule has 4 unspecified atom stereocenters. The molecular formula is C104H164N4PSi8+. The molecule has 0 radical (unpaired) electrons. The Morgan fingerprint density at radius 1 is 0.197 bits per heavy atom. The summed E-state index contributed by atoms with van der Waals surface area (Å²) < 4.78 is 13.4. The van der Waals surface area contributed by atoms with Gasteiger partial charge in [-0.2, -0.15) is 0 Å². The number of hydrogen-bond acceptors (Lipinski definition) is 4. The van der Waals surface area contributed by atoms with Gasteiger partial charge in [0.05, 0.1) is 115 Å². The van der Waals surface area contributed by atoms with Gasteiger partial charge in [0.1, 0.15) is 0 Å². The standard InChI is InChI=1S/C104H164N4PSi8/c1-97(2,3)110(25,26)85-61-77(62-86(69-85)111(27,28)98(4,5)6)73-105-93(81-53-45-41-46-54-81)94(82-55-47-42-48-56-82)106(74-78-63-87(112(29,30)99(7,8)9)70-88(64-78)113(31,32)100(10,11)12)109(105)107(75-79-65-89(114(33,34)101(13,14)15)71-90(66-79)115(35,36)102(16,17)18)95(83-57-49-43-50-58-83)96(84-59-51-44-52-60-84)108(109)76-80-67-91(116(37,38)103(19,20)21)72-92(68-80)117(39,40)104(22,23)24/h41-72,93-96H,73-76H2,1-40H3/q+1. The zero-order chi connectivity index (χ0) is 87.8. The van der Waals surface area contributed by atoms with Crippen LogP contribution >= 0.6 is 7.87 Å². The SMILES string of the molecule is CC(C)(C)[Si](C)(C)c1cc(CN2C(c3ccccc3)C(c3ccccc3)N(Cc3cc([Si](C)(C)C(C)(C)C)cc([Si](C)(C)C(C)(C)C)c3)[P+]23N(Cc2cc([Si](C)(C)C(C)(C)C)cc([Si](C)(C)C(C)(C)C)c2)C(c2ccccc2)C(c2ccccc2)N3Cc2cc([Si](C)(C)C(C)(C)C)cc([Si](C)(C)C(C)(C)C)c2)cc([Si](C)(C)C(C)(C)C)c1. The predicted octanol–water partition coefficient (Wildman–Crippen LogP) is 27.4. The van der Waals surface area contributed by atoms with Crippen LogP contribution in [0.2, 0.25) is 145 Å². The van der Waals surface area contributed by atoms with E-state index < -0.39 is 72.5 Å². The Kier molecular flexibility index (Phi) is 26.3. The molecule has 2 heterocycles. The van der Waals surface area contributed by atoms with Crippen LogP contribution in [-0.4, -0.2) is 83.3 Å². The molecule has 2 saturated heterocycles. The first-order chi connectivity index (χ1) is 53.1. The van der Waals surface area contributed by atoms with Crippen LogP contribution in [0.5, 0.6) is 0 Å². The molecule has 10 rings (SSSR count). The van der Waals surface area contributed by atoms with Gasteiger partial charge in [-0.25, -0.2) is 0 Å². The van der Waals surface area contributed by atoms with Crippen molar-refractivity contribution in [1.82, 2.24) is 18.7 Å². The molecule has 0 N–H and O–H groups in total. The fraction of sp³-hybridized carbons (Fsp3) is 0.538. The van der Waals surface area contributed by atoms with Crippen molar-refractivity contribution in [3.8, 4) is 0 Å². The Hall–Kier alpha value is -4.23. The lowest BCUT2D eigenvalue weighted by molar-refractivity contribution is 0.263. The van der Waals surface area contributed by atoms with Gasteiger partial charge in [0.25, 0.3) is 0 Å². The van der Waals surface area contributed by atoms with Crippen molar-refractivity contribution in [3.05, 3.63) is 239 Å². The van der Waals surface area contributed by atoms with Gasteiger partial charge in [0.2, 0.25) is 0 Å². The molecule has 2 fully saturated rings. The van der Waals surface area contributed by atoms with Crippen molar-refractivity contribution in [2.24, 2.45) is 0 Å². The van der Waals surface area contributed by atoms with E-state index in [0.717, 1.165) is 26.2 Å². The third kappa shape index (κ3) is 17.7. The van der Waals surface area contributed by atoms with Crippen LogP contribution in [0.25, 0.3) is 0 Å². The fourth-order valence-electron chi connectivity index (χ4n) is 17.2. The Morgan fingerprint density at radius 3 is 0.427 bits per heavy atom. The summed E-state index contributed by atoms with van der Waals surface area (Å²) in [5.74, 6) is 0. The zero-order valence-corrected chi connectivity index (χ0v) is 90.7. The maximum atomic E-state index is 3.35. The molecule has 8 aromatic carbocycles. The Bertz CT molecular complexity index is 4010. The first-order valence-electron chi connectivity index (χ1n) is 44.9. The third-order valence-corrected chi connectivity index (χ3v) is 82.1. The van der Waals surface area contributed by atoms with Gasteiger partial charge < -0.3 is 0 Å². The molecule has 0 amide bonds. The van der Waals surface area contributed by atoms with Crippen molar-refractivity contribution in [1.29, 1.82) is 0 Å². The predicted molar refractivity (Wildman–Crippen MR) is 546 cm³/mol. The summed E-state index contributed by atoms with van der Waals surface area (Å²) >= 11 is 0. The van der Waals surface area contributed by atoms with Gasteiger partial charge in [-0.15, -0.1) is 18.7 Å². The first kappa shape index (κ1) is 95.0. The quantitative estimate of drug-likeness (QED) is 0.0557. The second kappa shape index (κ2) is 32.4. The second-order valence-corrected chi connectivity index (χ2v) is 94.8. The summed E-state index contributed by atoms with van der Waals surface area (Å²) in [6.45, 7) is 107. The van der Waals surface area contributed by atoms with Crippen LogP contribution < -0.4 is 41.5 Å².